The molecular weight excluding hydrogens is 398 g/mol. The van der Waals surface area contributed by atoms with Gasteiger partial charge in [-0.2, -0.15) is 4.98 Å². The van der Waals surface area contributed by atoms with Gasteiger partial charge >= 0.3 is 0 Å². The molecule has 0 aliphatic carbocycles. The molecule has 31 heavy (non-hydrogen) atoms. The van der Waals surface area contributed by atoms with Crippen LogP contribution in [0.15, 0.2) is 55.1 Å². The average Bonchev–Trinajstić information content (AvgIpc) is 3.34. The minimum Gasteiger partial charge on any atom is -0.870 e. The molecule has 0 radical (unpaired) electrons. The molecule has 0 saturated carbocycles. The Balaban J connectivity index is 0.00000231. The summed E-state index contributed by atoms with van der Waals surface area (Å²) in [5, 5.41) is 1.94. The summed E-state index contributed by atoms with van der Waals surface area (Å²) in [6.45, 7) is 2.51. The Kier molecular flexibility index (Phi) is 5.14. The molecule has 1 aromatic carbocycles. The summed E-state index contributed by atoms with van der Waals surface area (Å²) in [7, 11) is 1.59. The van der Waals surface area contributed by atoms with Crippen molar-refractivity contribution in [1.29, 1.82) is 0 Å². The number of nitrogens with zero attached hydrogens (tertiary/aromatic N) is 6. The van der Waals surface area contributed by atoms with Gasteiger partial charge in [0.05, 0.1) is 30.0 Å². The van der Waals surface area contributed by atoms with Crippen LogP contribution in [0.5, 0.6) is 5.88 Å². The monoisotopic (exact) mass is 417 g/mol. The maximum absolute atomic E-state index is 11.0. The summed E-state index contributed by atoms with van der Waals surface area (Å²) in [5.41, 5.74) is 5.48. The summed E-state index contributed by atoms with van der Waals surface area (Å²) in [6.07, 6.45) is 5.17. The Labute approximate surface area is 176 Å². The highest BCUT2D eigenvalue weighted by Gasteiger charge is 2.15. The number of aryl methyl sites for hydroxylation is 1. The van der Waals surface area contributed by atoms with E-state index in [1.807, 2.05) is 53.2 Å². The lowest BCUT2D eigenvalue weighted by molar-refractivity contribution is -0.379. The Morgan fingerprint density at radius 1 is 1.13 bits per heavy atom. The van der Waals surface area contributed by atoms with E-state index in [0.29, 0.717) is 23.8 Å². The highest BCUT2D eigenvalue weighted by Crippen LogP contribution is 2.27. The fourth-order valence-electron chi connectivity index (χ4n) is 3.66. The number of nitrogens with one attached hydrogen (secondary N) is 1. The summed E-state index contributed by atoms with van der Waals surface area (Å²) in [4.78, 5) is 28.7. The zero-order valence-electron chi connectivity index (χ0n) is 16.9. The van der Waals surface area contributed by atoms with E-state index in [1.54, 1.807) is 19.4 Å². The summed E-state index contributed by atoms with van der Waals surface area (Å²) in [6, 6.07) is 11.3. The predicted octanol–water partition coefficient (Wildman–Crippen LogP) is 1.83. The lowest BCUT2D eigenvalue weighted by Gasteiger charge is -2.10. The fourth-order valence-corrected chi connectivity index (χ4v) is 3.66. The molecule has 0 saturated heterocycles. The van der Waals surface area contributed by atoms with Crippen LogP contribution in [0.4, 0.5) is 5.69 Å². The van der Waals surface area contributed by atoms with Crippen LogP contribution in [0.2, 0.25) is 0 Å². The number of hydrogen-bond acceptors (Lipinski definition) is 7. The van der Waals surface area contributed by atoms with Gasteiger partial charge < -0.3 is 19.3 Å². The molecule has 4 heterocycles. The van der Waals surface area contributed by atoms with Crippen molar-refractivity contribution in [2.75, 3.05) is 7.11 Å². The number of methoxy groups -OCH3 is 1. The first-order valence-corrected chi connectivity index (χ1v) is 9.34. The van der Waals surface area contributed by atoms with Gasteiger partial charge in [-0.25, -0.2) is 15.0 Å². The molecular formula is C21H19N7O3. The van der Waals surface area contributed by atoms with Crippen LogP contribution in [0.3, 0.4) is 0 Å². The second-order valence-electron chi connectivity index (χ2n) is 6.89. The first-order valence-electron chi connectivity index (χ1n) is 9.34. The summed E-state index contributed by atoms with van der Waals surface area (Å²) < 4.78 is 9.45. The standard InChI is InChI=1S/C21H17N7O2.H2O/c1-13-25-20-18(28(13)11-14-4-3-5-15(8-14)26-29)9-16(10-22-20)27-7-6-17-19(27)21(30-2)24-12-23-17;/h3-10,12H,11H2,1-2H3;1H2. The minimum absolute atomic E-state index is 0. The number of ether oxygens (including phenoxy) is 1. The smallest absolute Gasteiger partial charge is 0.253 e. The number of pyridine rings is 1. The van der Waals surface area contributed by atoms with Gasteiger partial charge in [-0.3, -0.25) is 0 Å². The molecule has 0 bridgehead atoms. The SMILES string of the molecule is COc1ncnc2ccn(-c3cnc4nc(C)n(Cc5cccc([NH+]=O)c5)c4c3)c12.[OH-]. The molecule has 0 unspecified atom stereocenters. The van der Waals surface area contributed by atoms with Crippen LogP contribution in [0.25, 0.3) is 27.9 Å². The van der Waals surface area contributed by atoms with Crippen LogP contribution in [0, 0.1) is 11.8 Å². The Bertz CT molecular complexity index is 1410. The number of hydrogen-bond donors (Lipinski definition) is 1. The molecule has 0 amide bonds. The third kappa shape index (κ3) is 3.38. The molecule has 0 spiro atoms. The topological polar surface area (TPSA) is 132 Å². The van der Waals surface area contributed by atoms with Gasteiger partial charge in [0.1, 0.15) is 17.7 Å². The molecule has 0 aliphatic rings. The number of fused-ring (bicyclic) bond motifs is 2. The number of imidazole rings is 1. The largest absolute Gasteiger partial charge is 0.870 e. The molecule has 4 aromatic heterocycles. The van der Waals surface area contributed by atoms with Crippen molar-refractivity contribution in [2.24, 2.45) is 0 Å². The maximum Gasteiger partial charge on any atom is 0.253 e. The second kappa shape index (κ2) is 7.92. The first-order chi connectivity index (χ1) is 14.7. The van der Waals surface area contributed by atoms with Crippen molar-refractivity contribution < 1.29 is 15.4 Å². The molecule has 5 rings (SSSR count). The van der Waals surface area contributed by atoms with Crippen molar-refractivity contribution in [1.82, 2.24) is 29.1 Å². The first kappa shape index (κ1) is 20.1. The summed E-state index contributed by atoms with van der Waals surface area (Å²) >= 11 is 0. The van der Waals surface area contributed by atoms with Crippen molar-refractivity contribution in [2.45, 2.75) is 13.5 Å². The number of aromatic nitrogens is 6. The average molecular weight is 417 g/mol. The highest BCUT2D eigenvalue weighted by atomic mass is 16.5. The van der Waals surface area contributed by atoms with Crippen molar-refractivity contribution >= 4 is 27.9 Å². The van der Waals surface area contributed by atoms with Crippen LogP contribution in [0.1, 0.15) is 11.4 Å². The number of benzene rings is 1. The van der Waals surface area contributed by atoms with Crippen LogP contribution < -0.4 is 9.91 Å². The minimum atomic E-state index is 0. The van der Waals surface area contributed by atoms with E-state index in [1.165, 1.54) is 6.33 Å². The molecule has 2 N–H and O–H groups in total. The van der Waals surface area contributed by atoms with Gasteiger partial charge in [-0.05, 0) is 24.6 Å². The van der Waals surface area contributed by atoms with Gasteiger partial charge in [0.25, 0.3) is 5.69 Å². The van der Waals surface area contributed by atoms with Crippen molar-refractivity contribution in [3.63, 3.8) is 0 Å². The van der Waals surface area contributed by atoms with E-state index in [-0.39, 0.29) is 5.48 Å². The van der Waals surface area contributed by atoms with E-state index in [2.05, 4.69) is 24.5 Å². The Morgan fingerprint density at radius 2 is 2.00 bits per heavy atom. The van der Waals surface area contributed by atoms with E-state index in [4.69, 9.17) is 4.74 Å². The van der Waals surface area contributed by atoms with Gasteiger partial charge in [-0.15, -0.1) is 0 Å². The van der Waals surface area contributed by atoms with Crippen LogP contribution in [-0.4, -0.2) is 41.7 Å². The number of nitroso groups, excluding NO2 is 1. The molecule has 10 nitrogen and oxygen atoms in total. The normalized spacial score (nSPS) is 10.9. The third-order valence-electron chi connectivity index (χ3n) is 5.08. The number of rotatable bonds is 5. The van der Waals surface area contributed by atoms with Gasteiger partial charge in [0.15, 0.2) is 5.65 Å². The van der Waals surface area contributed by atoms with Gasteiger partial charge in [-0.1, -0.05) is 12.1 Å². The molecule has 10 heteroatoms. The maximum atomic E-state index is 11.0. The van der Waals surface area contributed by atoms with E-state index < -0.39 is 0 Å². The lowest BCUT2D eigenvalue weighted by Crippen LogP contribution is -2.55. The second-order valence-corrected chi connectivity index (χ2v) is 6.89. The predicted molar refractivity (Wildman–Crippen MR) is 113 cm³/mol. The van der Waals surface area contributed by atoms with E-state index >= 15 is 0 Å². The van der Waals surface area contributed by atoms with E-state index in [0.717, 1.165) is 33.6 Å². The molecule has 0 fully saturated rings. The lowest BCUT2D eigenvalue weighted by atomic mass is 10.2. The summed E-state index contributed by atoms with van der Waals surface area (Å²) in [5.74, 6) is 1.34. The Morgan fingerprint density at radius 3 is 2.81 bits per heavy atom. The zero-order valence-corrected chi connectivity index (χ0v) is 16.9. The van der Waals surface area contributed by atoms with Crippen LogP contribution in [-0.2, 0) is 6.54 Å². The molecule has 5 aromatic rings. The Hall–Kier alpha value is -4.18. The fraction of sp³-hybridized carbons (Fsp3) is 0.143. The molecule has 0 atom stereocenters. The van der Waals surface area contributed by atoms with Gasteiger partial charge in [0.2, 0.25) is 5.88 Å². The van der Waals surface area contributed by atoms with Crippen molar-refractivity contribution in [3.8, 4) is 11.6 Å². The van der Waals surface area contributed by atoms with Crippen molar-refractivity contribution in [3.05, 3.63) is 71.4 Å². The van der Waals surface area contributed by atoms with Gasteiger partial charge in [0, 0.05) is 35.0 Å². The van der Waals surface area contributed by atoms with E-state index in [9.17, 15) is 4.91 Å². The third-order valence-corrected chi connectivity index (χ3v) is 5.08. The molecule has 0 aliphatic heterocycles. The highest BCUT2D eigenvalue weighted by molar-refractivity contribution is 5.83. The van der Waals surface area contributed by atoms with Crippen LogP contribution >= 0.6 is 0 Å². The molecule has 156 valence electrons. The quantitative estimate of drug-likeness (QED) is 0.461. The zero-order chi connectivity index (χ0) is 20.7.